The summed E-state index contributed by atoms with van der Waals surface area (Å²) in [5.74, 6) is -0.335. The number of hydrogen-bond acceptors (Lipinski definition) is 3. The molecule has 2 N–H and O–H groups in total. The van der Waals surface area contributed by atoms with E-state index in [1.807, 2.05) is 37.3 Å². The lowest BCUT2D eigenvalue weighted by Gasteiger charge is -2.27. The third-order valence-electron chi connectivity index (χ3n) is 4.97. The second-order valence-corrected chi connectivity index (χ2v) is 7.17. The van der Waals surface area contributed by atoms with Gasteiger partial charge in [0, 0.05) is 10.6 Å². The molecule has 6 heteroatoms. The molecule has 1 saturated heterocycles. The lowest BCUT2D eigenvalue weighted by atomic mass is 9.85. The number of carbonyl (C=O) groups is 2. The van der Waals surface area contributed by atoms with Crippen LogP contribution in [-0.2, 0) is 10.3 Å². The molecule has 2 aromatic rings. The van der Waals surface area contributed by atoms with Crippen molar-refractivity contribution in [2.45, 2.75) is 37.8 Å². The predicted molar refractivity (Wildman–Crippen MR) is 104 cm³/mol. The van der Waals surface area contributed by atoms with Gasteiger partial charge in [-0.1, -0.05) is 79.9 Å². The van der Waals surface area contributed by atoms with E-state index in [4.69, 9.17) is 11.6 Å². The first-order valence-electron chi connectivity index (χ1n) is 9.11. The highest BCUT2D eigenvalue weighted by Crippen LogP contribution is 2.35. The minimum atomic E-state index is -1.09. The van der Waals surface area contributed by atoms with Crippen LogP contribution in [0, 0.1) is 0 Å². The predicted octanol–water partition coefficient (Wildman–Crippen LogP) is 4.01. The van der Waals surface area contributed by atoms with Gasteiger partial charge >= 0.3 is 6.03 Å². The largest absolute Gasteiger partial charge is 0.386 e. The zero-order valence-corrected chi connectivity index (χ0v) is 15.9. The molecule has 1 aliphatic rings. The van der Waals surface area contributed by atoms with Crippen molar-refractivity contribution in [3.8, 4) is 0 Å². The van der Waals surface area contributed by atoms with Gasteiger partial charge in [-0.15, -0.1) is 0 Å². The lowest BCUT2D eigenvalue weighted by Crippen LogP contribution is -2.44. The van der Waals surface area contributed by atoms with Gasteiger partial charge < -0.3 is 10.4 Å². The maximum absolute atomic E-state index is 13.3. The molecule has 2 atom stereocenters. The fourth-order valence-electron chi connectivity index (χ4n) is 3.48. The van der Waals surface area contributed by atoms with Crippen molar-refractivity contribution in [2.24, 2.45) is 0 Å². The number of hydrogen-bond donors (Lipinski definition) is 2. The van der Waals surface area contributed by atoms with E-state index in [9.17, 15) is 14.7 Å². The van der Waals surface area contributed by atoms with Crippen LogP contribution in [0.3, 0.4) is 0 Å². The van der Waals surface area contributed by atoms with Crippen molar-refractivity contribution in [1.29, 1.82) is 0 Å². The fraction of sp³-hybridized carbons (Fsp3) is 0.333. The van der Waals surface area contributed by atoms with Crippen LogP contribution in [0.4, 0.5) is 4.79 Å². The van der Waals surface area contributed by atoms with E-state index in [-0.39, 0.29) is 12.5 Å². The van der Waals surface area contributed by atoms with Crippen LogP contribution < -0.4 is 5.32 Å². The highest BCUT2D eigenvalue weighted by Gasteiger charge is 2.52. The van der Waals surface area contributed by atoms with E-state index in [0.29, 0.717) is 17.0 Å². The van der Waals surface area contributed by atoms with E-state index in [0.717, 1.165) is 23.3 Å². The fourth-order valence-corrected chi connectivity index (χ4v) is 3.74. The van der Waals surface area contributed by atoms with Crippen molar-refractivity contribution >= 4 is 23.5 Å². The molecule has 0 radical (unpaired) electrons. The number of rotatable bonds is 7. The van der Waals surface area contributed by atoms with Gasteiger partial charge in [-0.2, -0.15) is 0 Å². The highest BCUT2D eigenvalue weighted by molar-refractivity contribution is 6.31. The Bertz CT molecular complexity index is 827. The Hall–Kier alpha value is -2.37. The molecule has 27 heavy (non-hydrogen) atoms. The van der Waals surface area contributed by atoms with Gasteiger partial charge in [-0.25, -0.2) is 4.79 Å². The molecule has 2 unspecified atom stereocenters. The first-order valence-corrected chi connectivity index (χ1v) is 9.49. The number of β-amino-alcohol motifs (C(OH)–C–C–N with tert-alkyl or cyclic N) is 1. The monoisotopic (exact) mass is 386 g/mol. The SMILES string of the molecule is CCCCC1(c2ccccc2)NC(=O)N(CC(O)c2ccccc2Cl)C1=O. The first kappa shape index (κ1) is 19.4. The van der Waals surface area contributed by atoms with Crippen molar-refractivity contribution in [2.75, 3.05) is 6.54 Å². The Morgan fingerprint density at radius 3 is 2.44 bits per heavy atom. The van der Waals surface area contributed by atoms with Gasteiger partial charge in [0.2, 0.25) is 0 Å². The van der Waals surface area contributed by atoms with E-state index >= 15 is 0 Å². The van der Waals surface area contributed by atoms with Gasteiger partial charge in [0.15, 0.2) is 0 Å². The third-order valence-corrected chi connectivity index (χ3v) is 5.31. The number of nitrogens with zero attached hydrogens (tertiary/aromatic N) is 1. The summed E-state index contributed by atoms with van der Waals surface area (Å²) in [4.78, 5) is 27.0. The molecule has 0 bridgehead atoms. The summed E-state index contributed by atoms with van der Waals surface area (Å²) in [5.41, 5.74) is 0.159. The zero-order chi connectivity index (χ0) is 19.4. The zero-order valence-electron chi connectivity index (χ0n) is 15.2. The van der Waals surface area contributed by atoms with Crippen LogP contribution in [0.25, 0.3) is 0 Å². The van der Waals surface area contributed by atoms with Crippen LogP contribution in [-0.4, -0.2) is 28.5 Å². The second-order valence-electron chi connectivity index (χ2n) is 6.76. The minimum Gasteiger partial charge on any atom is -0.386 e. The molecule has 0 aromatic heterocycles. The average Bonchev–Trinajstić information content (AvgIpc) is 2.92. The Kier molecular flexibility index (Phi) is 5.82. The number of aliphatic hydroxyl groups is 1. The van der Waals surface area contributed by atoms with E-state index < -0.39 is 17.7 Å². The molecule has 0 aliphatic carbocycles. The molecule has 3 rings (SSSR count). The quantitative estimate of drug-likeness (QED) is 0.706. The molecule has 0 saturated carbocycles. The molecule has 1 fully saturated rings. The van der Waals surface area contributed by atoms with Crippen LogP contribution in [0.1, 0.15) is 43.4 Å². The third kappa shape index (κ3) is 3.70. The van der Waals surface area contributed by atoms with Crippen LogP contribution in [0.5, 0.6) is 0 Å². The molecular formula is C21H23ClN2O3. The Morgan fingerprint density at radius 1 is 1.11 bits per heavy atom. The number of amides is 3. The number of carbonyl (C=O) groups excluding carboxylic acids is 2. The number of urea groups is 1. The number of halogens is 1. The Balaban J connectivity index is 1.89. The summed E-state index contributed by atoms with van der Waals surface area (Å²) < 4.78 is 0. The molecular weight excluding hydrogens is 364 g/mol. The topological polar surface area (TPSA) is 69.6 Å². The maximum Gasteiger partial charge on any atom is 0.325 e. The Labute approximate surface area is 163 Å². The number of benzene rings is 2. The number of aliphatic hydroxyl groups excluding tert-OH is 1. The van der Waals surface area contributed by atoms with E-state index in [1.54, 1.807) is 24.3 Å². The average molecular weight is 387 g/mol. The Morgan fingerprint density at radius 2 is 1.78 bits per heavy atom. The summed E-state index contributed by atoms with van der Waals surface area (Å²) in [7, 11) is 0. The lowest BCUT2D eigenvalue weighted by molar-refractivity contribution is -0.133. The van der Waals surface area contributed by atoms with Crippen molar-refractivity contribution in [3.05, 3.63) is 70.7 Å². The molecule has 142 valence electrons. The van der Waals surface area contributed by atoms with Crippen LogP contribution in [0.2, 0.25) is 5.02 Å². The number of unbranched alkanes of at least 4 members (excludes halogenated alkanes) is 1. The van der Waals surface area contributed by atoms with Crippen LogP contribution >= 0.6 is 11.6 Å². The number of nitrogens with one attached hydrogen (secondary N) is 1. The highest BCUT2D eigenvalue weighted by atomic mass is 35.5. The van der Waals surface area contributed by atoms with Gasteiger partial charge in [-0.3, -0.25) is 9.69 Å². The molecule has 1 heterocycles. The van der Waals surface area contributed by atoms with Gasteiger partial charge in [0.05, 0.1) is 12.6 Å². The molecule has 2 aromatic carbocycles. The summed E-state index contributed by atoms with van der Waals surface area (Å²) >= 11 is 6.13. The molecule has 1 aliphatic heterocycles. The van der Waals surface area contributed by atoms with E-state index in [1.165, 1.54) is 0 Å². The minimum absolute atomic E-state index is 0.144. The standard InChI is InChI=1S/C21H23ClN2O3/c1-2-3-13-21(15-9-5-4-6-10-15)19(26)24(20(27)23-21)14-18(25)16-11-7-8-12-17(16)22/h4-12,18,25H,2-3,13-14H2,1H3,(H,23,27). The molecule has 5 nitrogen and oxygen atoms in total. The van der Waals surface area contributed by atoms with Gasteiger partial charge in [0.25, 0.3) is 5.91 Å². The number of imide groups is 1. The van der Waals surface area contributed by atoms with Gasteiger partial charge in [-0.05, 0) is 18.1 Å². The van der Waals surface area contributed by atoms with Gasteiger partial charge in [0.1, 0.15) is 5.54 Å². The summed E-state index contributed by atoms with van der Waals surface area (Å²) in [5, 5.41) is 13.8. The summed E-state index contributed by atoms with van der Waals surface area (Å²) in [6.07, 6.45) is 1.16. The second kappa shape index (κ2) is 8.11. The molecule has 0 spiro atoms. The first-order chi connectivity index (χ1) is 13.0. The molecule has 3 amide bonds. The summed E-state index contributed by atoms with van der Waals surface area (Å²) in [6.45, 7) is 1.90. The van der Waals surface area contributed by atoms with Crippen molar-refractivity contribution in [1.82, 2.24) is 10.2 Å². The van der Waals surface area contributed by atoms with E-state index in [2.05, 4.69) is 5.32 Å². The summed E-state index contributed by atoms with van der Waals surface area (Å²) in [6, 6.07) is 15.7. The van der Waals surface area contributed by atoms with Crippen LogP contribution in [0.15, 0.2) is 54.6 Å². The normalized spacial score (nSPS) is 20.6. The van der Waals surface area contributed by atoms with Crippen molar-refractivity contribution in [3.63, 3.8) is 0 Å². The van der Waals surface area contributed by atoms with Crippen molar-refractivity contribution < 1.29 is 14.7 Å². The smallest absolute Gasteiger partial charge is 0.325 e. The maximum atomic E-state index is 13.3.